The summed E-state index contributed by atoms with van der Waals surface area (Å²) in [5.74, 6) is -1.25. The summed E-state index contributed by atoms with van der Waals surface area (Å²) in [5.41, 5.74) is 0.248. The van der Waals surface area contributed by atoms with Crippen LogP contribution in [0.2, 0.25) is 0 Å². The normalized spacial score (nSPS) is 9.88. The molecule has 0 aliphatic heterocycles. The van der Waals surface area contributed by atoms with Gasteiger partial charge in [0.1, 0.15) is 5.82 Å². The second kappa shape index (κ2) is 4.66. The van der Waals surface area contributed by atoms with Gasteiger partial charge >= 0.3 is 5.97 Å². The first-order valence-electron chi connectivity index (χ1n) is 4.44. The molecule has 2 heterocycles. The number of carbonyl (C=O) groups excluding carboxylic acids is 1. The molecular weight excluding hydrogens is 244 g/mol. The number of amides is 1. The van der Waals surface area contributed by atoms with Gasteiger partial charge in [0, 0.05) is 11.6 Å². The summed E-state index contributed by atoms with van der Waals surface area (Å²) >= 11 is 1.06. The summed E-state index contributed by atoms with van der Waals surface area (Å²) in [6.07, 6.45) is 1.16. The Morgan fingerprint density at radius 1 is 1.35 bits per heavy atom. The molecule has 2 aromatic rings. The third-order valence-electron chi connectivity index (χ3n) is 1.84. The summed E-state index contributed by atoms with van der Waals surface area (Å²) in [6.45, 7) is 0. The van der Waals surface area contributed by atoms with Crippen molar-refractivity contribution in [1.29, 1.82) is 0 Å². The van der Waals surface area contributed by atoms with Crippen LogP contribution in [-0.4, -0.2) is 31.6 Å². The van der Waals surface area contributed by atoms with E-state index in [9.17, 15) is 9.59 Å². The van der Waals surface area contributed by atoms with Crippen LogP contribution in [-0.2, 0) is 0 Å². The molecule has 0 aliphatic carbocycles. The number of aromatic nitrogens is 3. The maximum Gasteiger partial charge on any atom is 0.337 e. The van der Waals surface area contributed by atoms with E-state index >= 15 is 0 Å². The monoisotopic (exact) mass is 250 g/mol. The van der Waals surface area contributed by atoms with Crippen LogP contribution in [0.5, 0.6) is 0 Å². The van der Waals surface area contributed by atoms with E-state index in [1.165, 1.54) is 17.5 Å². The van der Waals surface area contributed by atoms with Gasteiger partial charge in [-0.2, -0.15) is 0 Å². The van der Waals surface area contributed by atoms with Gasteiger partial charge in [-0.25, -0.2) is 9.78 Å². The molecule has 0 aromatic carbocycles. The Labute approximate surface area is 99.3 Å². The van der Waals surface area contributed by atoms with Crippen LogP contribution in [0.25, 0.3) is 0 Å². The molecule has 0 spiro atoms. The van der Waals surface area contributed by atoms with E-state index in [0.717, 1.165) is 17.7 Å². The maximum absolute atomic E-state index is 11.5. The standard InChI is InChI=1S/C9H6N4O3S/c14-8(6-4-17-13-12-6)11-7-2-1-5(3-10-7)9(15)16/h1-4H,(H,15,16)(H,10,11,14). The van der Waals surface area contributed by atoms with Crippen molar-refractivity contribution in [3.8, 4) is 0 Å². The number of anilines is 1. The molecule has 1 amide bonds. The zero-order valence-electron chi connectivity index (χ0n) is 8.32. The first-order chi connectivity index (χ1) is 8.16. The minimum atomic E-state index is -1.07. The minimum absolute atomic E-state index is 0.0540. The van der Waals surface area contributed by atoms with E-state index in [1.807, 2.05) is 0 Å². The summed E-state index contributed by atoms with van der Waals surface area (Å²) in [7, 11) is 0. The highest BCUT2D eigenvalue weighted by atomic mass is 32.1. The number of aromatic carboxylic acids is 1. The minimum Gasteiger partial charge on any atom is -0.478 e. The number of hydrogen-bond donors (Lipinski definition) is 2. The van der Waals surface area contributed by atoms with Crippen molar-refractivity contribution in [2.24, 2.45) is 0 Å². The molecular formula is C9H6N4O3S. The molecule has 0 saturated carbocycles. The number of nitrogens with zero attached hydrogens (tertiary/aromatic N) is 3. The highest BCUT2D eigenvalue weighted by Gasteiger charge is 2.10. The molecule has 7 nitrogen and oxygen atoms in total. The molecule has 8 heteroatoms. The Morgan fingerprint density at radius 2 is 2.18 bits per heavy atom. The summed E-state index contributed by atoms with van der Waals surface area (Å²) in [4.78, 5) is 25.9. The Hall–Kier alpha value is -2.35. The van der Waals surface area contributed by atoms with Crippen molar-refractivity contribution in [2.75, 3.05) is 5.32 Å². The molecule has 0 saturated heterocycles. The van der Waals surface area contributed by atoms with Crippen LogP contribution < -0.4 is 5.32 Å². The predicted octanol–water partition coefficient (Wildman–Crippen LogP) is 0.884. The average molecular weight is 250 g/mol. The fourth-order valence-electron chi connectivity index (χ4n) is 1.04. The predicted molar refractivity (Wildman–Crippen MR) is 59.1 cm³/mol. The van der Waals surface area contributed by atoms with Crippen molar-refractivity contribution in [1.82, 2.24) is 14.6 Å². The van der Waals surface area contributed by atoms with Crippen LogP contribution in [0.4, 0.5) is 5.82 Å². The first-order valence-corrected chi connectivity index (χ1v) is 5.28. The van der Waals surface area contributed by atoms with Crippen LogP contribution in [0.1, 0.15) is 20.8 Å². The molecule has 0 atom stereocenters. The van der Waals surface area contributed by atoms with Crippen molar-refractivity contribution < 1.29 is 14.7 Å². The number of hydrogen-bond acceptors (Lipinski definition) is 6. The number of carbonyl (C=O) groups is 2. The van der Waals surface area contributed by atoms with Gasteiger partial charge in [-0.1, -0.05) is 4.49 Å². The largest absolute Gasteiger partial charge is 0.478 e. The van der Waals surface area contributed by atoms with Crippen molar-refractivity contribution in [3.63, 3.8) is 0 Å². The molecule has 2 aromatic heterocycles. The molecule has 86 valence electrons. The van der Waals surface area contributed by atoms with Gasteiger partial charge in [0.15, 0.2) is 5.69 Å². The topological polar surface area (TPSA) is 105 Å². The van der Waals surface area contributed by atoms with Gasteiger partial charge < -0.3 is 10.4 Å². The summed E-state index contributed by atoms with van der Waals surface area (Å²) in [6, 6.07) is 2.76. The van der Waals surface area contributed by atoms with Gasteiger partial charge in [0.25, 0.3) is 5.91 Å². The van der Waals surface area contributed by atoms with Gasteiger partial charge in [0.2, 0.25) is 0 Å². The molecule has 0 bridgehead atoms. The second-order valence-corrected chi connectivity index (χ2v) is 3.59. The quantitative estimate of drug-likeness (QED) is 0.837. The van der Waals surface area contributed by atoms with Crippen LogP contribution in [0.3, 0.4) is 0 Å². The van der Waals surface area contributed by atoms with E-state index in [1.54, 1.807) is 0 Å². The van der Waals surface area contributed by atoms with E-state index in [2.05, 4.69) is 19.9 Å². The Morgan fingerprint density at radius 3 is 2.71 bits per heavy atom. The summed E-state index contributed by atoms with van der Waals surface area (Å²) < 4.78 is 3.55. The fourth-order valence-corrected chi connectivity index (χ4v) is 1.47. The molecule has 2 rings (SSSR count). The zero-order chi connectivity index (χ0) is 12.3. The highest BCUT2D eigenvalue weighted by Crippen LogP contribution is 2.07. The molecule has 0 fully saturated rings. The smallest absolute Gasteiger partial charge is 0.337 e. The Kier molecular flexibility index (Phi) is 3.06. The number of nitrogens with one attached hydrogen (secondary N) is 1. The van der Waals surface area contributed by atoms with Crippen molar-refractivity contribution in [3.05, 3.63) is 35.0 Å². The van der Waals surface area contributed by atoms with E-state index < -0.39 is 11.9 Å². The number of carboxylic acids is 1. The lowest BCUT2D eigenvalue weighted by Gasteiger charge is -2.01. The van der Waals surface area contributed by atoms with Gasteiger partial charge in [-0.3, -0.25) is 4.79 Å². The maximum atomic E-state index is 11.5. The molecule has 17 heavy (non-hydrogen) atoms. The number of rotatable bonds is 3. The molecule has 2 N–H and O–H groups in total. The molecule has 0 aliphatic rings. The lowest BCUT2D eigenvalue weighted by molar-refractivity contribution is 0.0696. The SMILES string of the molecule is O=C(O)c1ccc(NC(=O)c2csnn2)nc1. The van der Waals surface area contributed by atoms with Crippen molar-refractivity contribution >= 4 is 29.2 Å². The van der Waals surface area contributed by atoms with Crippen molar-refractivity contribution in [2.45, 2.75) is 0 Å². The van der Waals surface area contributed by atoms with Gasteiger partial charge in [-0.05, 0) is 23.7 Å². The lowest BCUT2D eigenvalue weighted by Crippen LogP contribution is -2.13. The third-order valence-corrected chi connectivity index (χ3v) is 2.35. The second-order valence-electron chi connectivity index (χ2n) is 2.98. The first kappa shape index (κ1) is 11.1. The summed E-state index contributed by atoms with van der Waals surface area (Å²) in [5, 5.41) is 16.2. The molecule has 0 unspecified atom stereocenters. The average Bonchev–Trinajstić information content (AvgIpc) is 2.83. The van der Waals surface area contributed by atoms with Gasteiger partial charge in [0.05, 0.1) is 5.56 Å². The Balaban J connectivity index is 2.09. The lowest BCUT2D eigenvalue weighted by atomic mass is 10.3. The number of carboxylic acid groups (broad SMARTS) is 1. The third kappa shape index (κ3) is 2.61. The fraction of sp³-hybridized carbons (Fsp3) is 0. The zero-order valence-corrected chi connectivity index (χ0v) is 9.14. The molecule has 0 radical (unpaired) electrons. The van der Waals surface area contributed by atoms with Crippen LogP contribution >= 0.6 is 11.5 Å². The van der Waals surface area contributed by atoms with Crippen LogP contribution in [0, 0.1) is 0 Å². The van der Waals surface area contributed by atoms with Gasteiger partial charge in [-0.15, -0.1) is 5.10 Å². The Bertz CT molecular complexity index is 538. The van der Waals surface area contributed by atoms with E-state index in [-0.39, 0.29) is 17.1 Å². The highest BCUT2D eigenvalue weighted by molar-refractivity contribution is 7.03. The van der Waals surface area contributed by atoms with E-state index in [4.69, 9.17) is 5.11 Å². The van der Waals surface area contributed by atoms with E-state index in [0.29, 0.717) is 0 Å². The van der Waals surface area contributed by atoms with Crippen LogP contribution in [0.15, 0.2) is 23.7 Å². The number of pyridine rings is 1.